The summed E-state index contributed by atoms with van der Waals surface area (Å²) in [6, 6.07) is 0.669. The van der Waals surface area contributed by atoms with Crippen LogP contribution in [-0.4, -0.2) is 34.6 Å². The number of thiazole rings is 1. The van der Waals surface area contributed by atoms with Gasteiger partial charge in [0.15, 0.2) is 0 Å². The van der Waals surface area contributed by atoms with E-state index in [1.807, 2.05) is 0 Å². The largest absolute Gasteiger partial charge is 0.311 e. The minimum absolute atomic E-state index is 0.403. The van der Waals surface area contributed by atoms with Gasteiger partial charge in [0.1, 0.15) is 0 Å². The molecule has 21 heavy (non-hydrogen) atoms. The zero-order valence-corrected chi connectivity index (χ0v) is 14.3. The van der Waals surface area contributed by atoms with Crippen LogP contribution in [0.25, 0.3) is 0 Å². The molecular weight excluding hydrogens is 278 g/mol. The van der Waals surface area contributed by atoms with Crippen LogP contribution in [0.3, 0.4) is 0 Å². The van der Waals surface area contributed by atoms with Gasteiger partial charge >= 0.3 is 0 Å². The molecule has 1 aromatic heterocycles. The van der Waals surface area contributed by atoms with Gasteiger partial charge in [0.2, 0.25) is 0 Å². The molecule has 1 spiro atoms. The van der Waals surface area contributed by atoms with Gasteiger partial charge in [0, 0.05) is 36.6 Å². The summed E-state index contributed by atoms with van der Waals surface area (Å²) in [6.07, 6.45) is 9.50. The molecule has 4 heteroatoms. The van der Waals surface area contributed by atoms with Crippen molar-refractivity contribution in [3.63, 3.8) is 0 Å². The number of aromatic nitrogens is 1. The van der Waals surface area contributed by atoms with Crippen LogP contribution < -0.4 is 5.32 Å². The molecule has 0 bridgehead atoms. The van der Waals surface area contributed by atoms with Crippen molar-refractivity contribution >= 4 is 11.3 Å². The first-order valence-corrected chi connectivity index (χ1v) is 9.49. The molecule has 1 saturated carbocycles. The molecule has 3 nitrogen and oxygen atoms in total. The van der Waals surface area contributed by atoms with E-state index in [-0.39, 0.29) is 0 Å². The molecule has 1 atom stereocenters. The van der Waals surface area contributed by atoms with Crippen LogP contribution in [0.1, 0.15) is 62.6 Å². The summed E-state index contributed by atoms with van der Waals surface area (Å²) in [5.74, 6) is 0. The highest BCUT2D eigenvalue weighted by Crippen LogP contribution is 2.36. The minimum atomic E-state index is 0.403. The van der Waals surface area contributed by atoms with Gasteiger partial charge in [-0.1, -0.05) is 32.6 Å². The van der Waals surface area contributed by atoms with Crippen LogP contribution in [0, 0.1) is 6.92 Å². The molecule has 2 fully saturated rings. The molecule has 2 aliphatic rings. The lowest BCUT2D eigenvalue weighted by Gasteiger charge is -2.52. The van der Waals surface area contributed by atoms with Crippen molar-refractivity contribution in [2.75, 3.05) is 13.1 Å². The number of nitrogens with zero attached hydrogens (tertiary/aromatic N) is 2. The molecule has 3 rings (SSSR count). The van der Waals surface area contributed by atoms with E-state index in [0.717, 1.165) is 6.54 Å². The quantitative estimate of drug-likeness (QED) is 0.918. The average Bonchev–Trinajstić information content (AvgIpc) is 2.90. The van der Waals surface area contributed by atoms with E-state index in [1.165, 1.54) is 68.7 Å². The first kappa shape index (κ1) is 15.4. The van der Waals surface area contributed by atoms with Gasteiger partial charge in [-0.15, -0.1) is 11.3 Å². The molecule has 118 valence electrons. The zero-order chi connectivity index (χ0) is 14.7. The predicted octanol–water partition coefficient (Wildman–Crippen LogP) is 3.73. The Morgan fingerprint density at radius 3 is 2.86 bits per heavy atom. The molecule has 1 N–H and O–H groups in total. The second-order valence-electron chi connectivity index (χ2n) is 6.89. The number of rotatable bonds is 4. The molecule has 0 aromatic carbocycles. The van der Waals surface area contributed by atoms with Crippen LogP contribution in [0.15, 0.2) is 5.38 Å². The lowest BCUT2D eigenvalue weighted by Crippen LogP contribution is -2.64. The minimum Gasteiger partial charge on any atom is -0.311 e. The Kier molecular flexibility index (Phi) is 4.97. The zero-order valence-electron chi connectivity index (χ0n) is 13.5. The SMILES string of the molecule is CCCC1CN(Cc2csc(C)n2)C2(CCCCC2)CN1. The van der Waals surface area contributed by atoms with Crippen molar-refractivity contribution in [3.05, 3.63) is 16.1 Å². The first-order valence-electron chi connectivity index (χ1n) is 8.61. The fourth-order valence-electron chi connectivity index (χ4n) is 4.12. The monoisotopic (exact) mass is 307 g/mol. The maximum Gasteiger partial charge on any atom is 0.0897 e. The Labute approximate surface area is 133 Å². The van der Waals surface area contributed by atoms with Crippen molar-refractivity contribution in [3.8, 4) is 0 Å². The van der Waals surface area contributed by atoms with E-state index in [1.54, 1.807) is 11.3 Å². The number of piperazine rings is 1. The fourth-order valence-corrected chi connectivity index (χ4v) is 4.73. The second kappa shape index (κ2) is 6.76. The van der Waals surface area contributed by atoms with Gasteiger partial charge < -0.3 is 5.32 Å². The summed E-state index contributed by atoms with van der Waals surface area (Å²) in [5, 5.41) is 7.29. The molecule has 1 aliphatic carbocycles. The normalized spacial score (nSPS) is 26.3. The summed E-state index contributed by atoms with van der Waals surface area (Å²) < 4.78 is 0. The highest BCUT2D eigenvalue weighted by Gasteiger charge is 2.41. The van der Waals surface area contributed by atoms with Crippen molar-refractivity contribution in [2.24, 2.45) is 0 Å². The third-order valence-corrected chi connectivity index (χ3v) is 6.09. The van der Waals surface area contributed by atoms with Gasteiger partial charge in [-0.3, -0.25) is 4.90 Å². The van der Waals surface area contributed by atoms with Crippen molar-refractivity contribution in [1.29, 1.82) is 0 Å². The third kappa shape index (κ3) is 3.49. The molecule has 0 amide bonds. The molecule has 1 unspecified atom stereocenters. The summed E-state index contributed by atoms with van der Waals surface area (Å²) in [6.45, 7) is 7.83. The van der Waals surface area contributed by atoms with Crippen LogP contribution >= 0.6 is 11.3 Å². The molecule has 1 aliphatic heterocycles. The highest BCUT2D eigenvalue weighted by atomic mass is 32.1. The van der Waals surface area contributed by atoms with Gasteiger partial charge in [0.25, 0.3) is 0 Å². The van der Waals surface area contributed by atoms with Crippen molar-refractivity contribution in [2.45, 2.75) is 76.9 Å². The highest BCUT2D eigenvalue weighted by molar-refractivity contribution is 7.09. The Morgan fingerprint density at radius 1 is 1.38 bits per heavy atom. The van der Waals surface area contributed by atoms with Gasteiger partial charge in [-0.25, -0.2) is 4.98 Å². The van der Waals surface area contributed by atoms with Crippen molar-refractivity contribution in [1.82, 2.24) is 15.2 Å². The Bertz CT molecular complexity index is 451. The van der Waals surface area contributed by atoms with Crippen LogP contribution in [0.5, 0.6) is 0 Å². The van der Waals surface area contributed by atoms with Gasteiger partial charge in [0.05, 0.1) is 10.7 Å². The summed E-state index contributed by atoms with van der Waals surface area (Å²) in [4.78, 5) is 7.49. The Hall–Kier alpha value is -0.450. The lowest BCUT2D eigenvalue weighted by atomic mass is 9.78. The van der Waals surface area contributed by atoms with E-state index in [2.05, 4.69) is 29.4 Å². The maximum atomic E-state index is 4.71. The first-order chi connectivity index (χ1) is 10.2. The Morgan fingerprint density at radius 2 is 2.19 bits per heavy atom. The maximum absolute atomic E-state index is 4.71. The smallest absolute Gasteiger partial charge is 0.0897 e. The third-order valence-electron chi connectivity index (χ3n) is 5.27. The molecular formula is C17H29N3S. The fraction of sp³-hybridized carbons (Fsp3) is 0.824. The number of nitrogens with one attached hydrogen (secondary N) is 1. The molecule has 1 saturated heterocycles. The Balaban J connectivity index is 1.75. The number of hydrogen-bond acceptors (Lipinski definition) is 4. The van der Waals surface area contributed by atoms with E-state index in [4.69, 9.17) is 4.98 Å². The van der Waals surface area contributed by atoms with E-state index >= 15 is 0 Å². The molecule has 2 heterocycles. The number of hydrogen-bond donors (Lipinski definition) is 1. The molecule has 0 radical (unpaired) electrons. The lowest BCUT2D eigenvalue weighted by molar-refractivity contribution is 0.00113. The average molecular weight is 308 g/mol. The molecule has 1 aromatic rings. The standard InChI is InChI=1S/C17H29N3S/c1-3-7-15-10-20(11-16-12-21-14(2)19-16)17(13-18-15)8-5-4-6-9-17/h12,15,18H,3-11,13H2,1-2H3. The second-order valence-corrected chi connectivity index (χ2v) is 7.95. The summed E-state index contributed by atoms with van der Waals surface area (Å²) in [7, 11) is 0. The topological polar surface area (TPSA) is 28.2 Å². The number of aryl methyl sites for hydroxylation is 1. The van der Waals surface area contributed by atoms with E-state index in [0.29, 0.717) is 11.6 Å². The van der Waals surface area contributed by atoms with Crippen LogP contribution in [-0.2, 0) is 6.54 Å². The van der Waals surface area contributed by atoms with Gasteiger partial charge in [-0.2, -0.15) is 0 Å². The van der Waals surface area contributed by atoms with Crippen LogP contribution in [0.4, 0.5) is 0 Å². The van der Waals surface area contributed by atoms with E-state index < -0.39 is 0 Å². The van der Waals surface area contributed by atoms with E-state index in [9.17, 15) is 0 Å². The summed E-state index contributed by atoms with van der Waals surface area (Å²) in [5.41, 5.74) is 1.68. The summed E-state index contributed by atoms with van der Waals surface area (Å²) >= 11 is 1.79. The van der Waals surface area contributed by atoms with Crippen LogP contribution in [0.2, 0.25) is 0 Å². The predicted molar refractivity (Wildman–Crippen MR) is 89.8 cm³/mol. The van der Waals surface area contributed by atoms with Gasteiger partial charge in [-0.05, 0) is 26.2 Å². The van der Waals surface area contributed by atoms with Crippen molar-refractivity contribution < 1.29 is 0 Å².